The first-order valence-electron chi connectivity index (χ1n) is 5.50. The van der Waals surface area contributed by atoms with Crippen molar-refractivity contribution in [1.29, 1.82) is 0 Å². The molecular weight excluding hydrogens is 190 g/mol. The third-order valence-corrected chi connectivity index (χ3v) is 4.25. The maximum atomic E-state index is 3.55. The molecule has 0 unspecified atom stereocenters. The lowest BCUT2D eigenvalue weighted by Crippen LogP contribution is -2.20. The van der Waals surface area contributed by atoms with Crippen LogP contribution in [0.5, 0.6) is 0 Å². The molecule has 14 heavy (non-hydrogen) atoms. The van der Waals surface area contributed by atoms with Crippen LogP contribution in [-0.2, 0) is 13.0 Å². The summed E-state index contributed by atoms with van der Waals surface area (Å²) in [5, 5.41) is 3.55. The van der Waals surface area contributed by atoms with Crippen molar-refractivity contribution in [2.45, 2.75) is 39.7 Å². The van der Waals surface area contributed by atoms with E-state index in [0.29, 0.717) is 5.41 Å². The summed E-state index contributed by atoms with van der Waals surface area (Å²) in [5.74, 6) is 0. The predicted molar refractivity (Wildman–Crippen MR) is 62.7 cm³/mol. The minimum atomic E-state index is 0.630. The second-order valence-electron chi connectivity index (χ2n) is 4.64. The minimum Gasteiger partial charge on any atom is -0.311 e. The molecule has 0 saturated heterocycles. The molecule has 1 fully saturated rings. The lowest BCUT2D eigenvalue weighted by atomic mass is 10.1. The first kappa shape index (κ1) is 10.2. The van der Waals surface area contributed by atoms with E-state index in [1.54, 1.807) is 0 Å². The van der Waals surface area contributed by atoms with Gasteiger partial charge in [-0.15, -0.1) is 11.3 Å². The van der Waals surface area contributed by atoms with Gasteiger partial charge in [-0.2, -0.15) is 0 Å². The average molecular weight is 209 g/mol. The summed E-state index contributed by atoms with van der Waals surface area (Å²) < 4.78 is 0. The van der Waals surface area contributed by atoms with E-state index in [4.69, 9.17) is 0 Å². The van der Waals surface area contributed by atoms with E-state index in [1.807, 2.05) is 11.3 Å². The molecule has 0 spiro atoms. The van der Waals surface area contributed by atoms with Gasteiger partial charge < -0.3 is 5.32 Å². The van der Waals surface area contributed by atoms with Gasteiger partial charge >= 0.3 is 0 Å². The first-order chi connectivity index (χ1) is 6.72. The van der Waals surface area contributed by atoms with Crippen LogP contribution in [0, 0.1) is 5.41 Å². The number of nitrogens with one attached hydrogen (secondary N) is 1. The predicted octanol–water partition coefficient (Wildman–Crippen LogP) is 3.20. The molecule has 0 atom stereocenters. The van der Waals surface area contributed by atoms with Crippen LogP contribution in [0.4, 0.5) is 0 Å². The molecule has 1 heterocycles. The largest absolute Gasteiger partial charge is 0.311 e. The van der Waals surface area contributed by atoms with Crippen molar-refractivity contribution in [3.8, 4) is 0 Å². The molecule has 1 aliphatic rings. The van der Waals surface area contributed by atoms with Crippen molar-refractivity contribution < 1.29 is 0 Å². The van der Waals surface area contributed by atoms with Crippen LogP contribution >= 0.6 is 11.3 Å². The molecule has 2 heteroatoms. The van der Waals surface area contributed by atoms with Crippen LogP contribution < -0.4 is 5.32 Å². The third-order valence-electron chi connectivity index (χ3n) is 3.02. The zero-order valence-corrected chi connectivity index (χ0v) is 9.91. The number of hydrogen-bond acceptors (Lipinski definition) is 2. The summed E-state index contributed by atoms with van der Waals surface area (Å²) in [7, 11) is 0. The second kappa shape index (κ2) is 4.03. The highest BCUT2D eigenvalue weighted by Crippen LogP contribution is 2.44. The van der Waals surface area contributed by atoms with Gasteiger partial charge in [-0.25, -0.2) is 0 Å². The monoisotopic (exact) mass is 209 g/mol. The van der Waals surface area contributed by atoms with Gasteiger partial charge in [0, 0.05) is 22.8 Å². The molecule has 1 aromatic rings. The maximum absolute atomic E-state index is 3.55. The van der Waals surface area contributed by atoms with Crippen LogP contribution in [0.25, 0.3) is 0 Å². The van der Waals surface area contributed by atoms with Crippen LogP contribution in [0.3, 0.4) is 0 Å². The smallest absolute Gasteiger partial charge is 0.0300 e. The zero-order valence-electron chi connectivity index (χ0n) is 9.10. The summed E-state index contributed by atoms with van der Waals surface area (Å²) >= 11 is 1.94. The van der Waals surface area contributed by atoms with Gasteiger partial charge in [0.15, 0.2) is 0 Å². The Morgan fingerprint density at radius 1 is 1.36 bits per heavy atom. The van der Waals surface area contributed by atoms with Gasteiger partial charge in [0.25, 0.3) is 0 Å². The molecular formula is C12H19NS. The van der Waals surface area contributed by atoms with Gasteiger partial charge in [-0.3, -0.25) is 0 Å². The van der Waals surface area contributed by atoms with E-state index in [0.717, 1.165) is 6.54 Å². The number of aryl methyl sites for hydroxylation is 1. The van der Waals surface area contributed by atoms with E-state index in [9.17, 15) is 0 Å². The molecule has 0 aromatic carbocycles. The average Bonchev–Trinajstić information content (AvgIpc) is 2.75. The zero-order chi connectivity index (χ0) is 10.0. The second-order valence-corrected chi connectivity index (χ2v) is 5.89. The summed E-state index contributed by atoms with van der Waals surface area (Å²) in [4.78, 5) is 2.98. The fourth-order valence-electron chi connectivity index (χ4n) is 1.58. The highest BCUT2D eigenvalue weighted by Gasteiger charge is 2.36. The highest BCUT2D eigenvalue weighted by molar-refractivity contribution is 7.11. The van der Waals surface area contributed by atoms with Crippen molar-refractivity contribution in [3.63, 3.8) is 0 Å². The summed E-state index contributed by atoms with van der Waals surface area (Å²) in [5.41, 5.74) is 0.630. The Bertz CT molecular complexity index is 299. The molecule has 78 valence electrons. The molecule has 1 nitrogen and oxygen atoms in total. The minimum absolute atomic E-state index is 0.630. The van der Waals surface area contributed by atoms with Gasteiger partial charge in [0.2, 0.25) is 0 Å². The molecule has 1 N–H and O–H groups in total. The molecule has 0 bridgehead atoms. The Balaban J connectivity index is 1.74. The molecule has 1 aromatic heterocycles. The van der Waals surface area contributed by atoms with Crippen molar-refractivity contribution >= 4 is 11.3 Å². The topological polar surface area (TPSA) is 12.0 Å². The van der Waals surface area contributed by atoms with Crippen LogP contribution in [0.1, 0.15) is 36.4 Å². The molecule has 0 radical (unpaired) electrons. The Kier molecular flexibility index (Phi) is 2.93. The fraction of sp³-hybridized carbons (Fsp3) is 0.667. The summed E-state index contributed by atoms with van der Waals surface area (Å²) in [6.45, 7) is 6.83. The van der Waals surface area contributed by atoms with E-state index in [1.165, 1.54) is 35.6 Å². The third kappa shape index (κ3) is 2.58. The van der Waals surface area contributed by atoms with Crippen molar-refractivity contribution in [1.82, 2.24) is 5.32 Å². The van der Waals surface area contributed by atoms with E-state index in [-0.39, 0.29) is 0 Å². The molecule has 1 saturated carbocycles. The van der Waals surface area contributed by atoms with E-state index in [2.05, 4.69) is 31.3 Å². The molecule has 2 rings (SSSR count). The Labute approximate surface area is 90.5 Å². The Hall–Kier alpha value is -0.340. The molecule has 1 aliphatic carbocycles. The quantitative estimate of drug-likeness (QED) is 0.785. The Morgan fingerprint density at radius 2 is 2.07 bits per heavy atom. The summed E-state index contributed by atoms with van der Waals surface area (Å²) in [6, 6.07) is 4.51. The van der Waals surface area contributed by atoms with Gasteiger partial charge in [0.05, 0.1) is 0 Å². The summed E-state index contributed by atoms with van der Waals surface area (Å²) in [6.07, 6.45) is 3.98. The lowest BCUT2D eigenvalue weighted by Gasteiger charge is -2.08. The van der Waals surface area contributed by atoms with Crippen LogP contribution in [0.15, 0.2) is 12.1 Å². The fourth-order valence-corrected chi connectivity index (χ4v) is 2.51. The molecule has 0 amide bonds. The SMILES string of the molecule is CCc1ccc(CNCC2(C)CC2)s1. The van der Waals surface area contributed by atoms with Crippen molar-refractivity contribution in [2.24, 2.45) is 5.41 Å². The lowest BCUT2D eigenvalue weighted by molar-refractivity contribution is 0.501. The van der Waals surface area contributed by atoms with Gasteiger partial charge in [-0.05, 0) is 36.8 Å². The van der Waals surface area contributed by atoms with Crippen molar-refractivity contribution in [3.05, 3.63) is 21.9 Å². The van der Waals surface area contributed by atoms with Crippen LogP contribution in [-0.4, -0.2) is 6.54 Å². The highest BCUT2D eigenvalue weighted by atomic mass is 32.1. The standard InChI is InChI=1S/C12H19NS/c1-3-10-4-5-11(14-10)8-13-9-12(2)6-7-12/h4-5,13H,3,6-9H2,1-2H3. The normalized spacial score (nSPS) is 18.4. The van der Waals surface area contributed by atoms with Crippen LogP contribution in [0.2, 0.25) is 0 Å². The maximum Gasteiger partial charge on any atom is 0.0300 e. The number of hydrogen-bond donors (Lipinski definition) is 1. The Morgan fingerprint density at radius 3 is 2.64 bits per heavy atom. The van der Waals surface area contributed by atoms with E-state index < -0.39 is 0 Å². The van der Waals surface area contributed by atoms with E-state index >= 15 is 0 Å². The number of thiophene rings is 1. The van der Waals surface area contributed by atoms with Crippen molar-refractivity contribution in [2.75, 3.05) is 6.54 Å². The van der Waals surface area contributed by atoms with Gasteiger partial charge in [0.1, 0.15) is 0 Å². The number of rotatable bonds is 5. The first-order valence-corrected chi connectivity index (χ1v) is 6.32. The van der Waals surface area contributed by atoms with Gasteiger partial charge in [-0.1, -0.05) is 13.8 Å². The molecule has 0 aliphatic heterocycles.